The van der Waals surface area contributed by atoms with Gasteiger partial charge in [0.1, 0.15) is 0 Å². The van der Waals surface area contributed by atoms with Crippen molar-refractivity contribution in [3.63, 3.8) is 0 Å². The third-order valence-electron chi connectivity index (χ3n) is 3.40. The van der Waals surface area contributed by atoms with Crippen LogP contribution in [0.25, 0.3) is 0 Å². The minimum Gasteiger partial charge on any atom is -0.480 e. The van der Waals surface area contributed by atoms with E-state index < -0.39 is 12.1 Å². The fourth-order valence-electron chi connectivity index (χ4n) is 1.99. The molecular formula is C16H31NO3. The van der Waals surface area contributed by atoms with E-state index >= 15 is 0 Å². The molecule has 0 rings (SSSR count). The number of carboxylic acid groups (broad SMARTS) is 1. The second kappa shape index (κ2) is 13.1. The summed E-state index contributed by atoms with van der Waals surface area (Å²) in [5, 5.41) is 21.1. The number of carbonyl (C=O) groups is 1. The molecule has 0 aromatic heterocycles. The standard InChI is InChI=1S/C16H31NO3/c1-3-4-5-6-7-8-9-10-11-12-15(18)14(2)17-13-16(19)20/h11-12,14-15,17-18H,3-10,13H2,1-2H3,(H,19,20). The van der Waals surface area contributed by atoms with E-state index in [1.807, 2.05) is 6.08 Å². The van der Waals surface area contributed by atoms with Crippen molar-refractivity contribution >= 4 is 5.97 Å². The van der Waals surface area contributed by atoms with Gasteiger partial charge in [0.15, 0.2) is 0 Å². The predicted molar refractivity (Wildman–Crippen MR) is 82.9 cm³/mol. The van der Waals surface area contributed by atoms with E-state index in [9.17, 15) is 9.90 Å². The molecule has 0 aliphatic carbocycles. The second-order valence-electron chi connectivity index (χ2n) is 5.39. The van der Waals surface area contributed by atoms with Gasteiger partial charge in [-0.1, -0.05) is 57.6 Å². The highest BCUT2D eigenvalue weighted by Crippen LogP contribution is 2.09. The number of hydrogen-bond acceptors (Lipinski definition) is 3. The number of carboxylic acids is 1. The Bertz CT molecular complexity index is 266. The van der Waals surface area contributed by atoms with Crippen LogP contribution in [0.1, 0.15) is 65.2 Å². The largest absolute Gasteiger partial charge is 0.480 e. The molecule has 0 aromatic carbocycles. The molecule has 118 valence electrons. The first-order valence-electron chi connectivity index (χ1n) is 7.87. The SMILES string of the molecule is CCCCCCCCCC=CC(O)C(C)NCC(=O)O. The van der Waals surface area contributed by atoms with E-state index in [1.54, 1.807) is 13.0 Å². The molecule has 3 N–H and O–H groups in total. The van der Waals surface area contributed by atoms with Gasteiger partial charge in [-0.25, -0.2) is 0 Å². The van der Waals surface area contributed by atoms with Crippen LogP contribution in [0.15, 0.2) is 12.2 Å². The third-order valence-corrected chi connectivity index (χ3v) is 3.40. The molecule has 0 amide bonds. The summed E-state index contributed by atoms with van der Waals surface area (Å²) in [5.74, 6) is -0.906. The Morgan fingerprint density at radius 3 is 2.35 bits per heavy atom. The van der Waals surface area contributed by atoms with E-state index in [4.69, 9.17) is 5.11 Å². The van der Waals surface area contributed by atoms with Gasteiger partial charge in [-0.15, -0.1) is 0 Å². The predicted octanol–water partition coefficient (Wildman–Crippen LogP) is 3.11. The van der Waals surface area contributed by atoms with Crippen molar-refractivity contribution in [1.82, 2.24) is 5.32 Å². The van der Waals surface area contributed by atoms with Crippen molar-refractivity contribution < 1.29 is 15.0 Å². The molecule has 0 aliphatic rings. The summed E-state index contributed by atoms with van der Waals surface area (Å²) in [6, 6.07) is -0.239. The van der Waals surface area contributed by atoms with Gasteiger partial charge < -0.3 is 15.5 Å². The van der Waals surface area contributed by atoms with Crippen molar-refractivity contribution in [2.75, 3.05) is 6.54 Å². The first-order valence-corrected chi connectivity index (χ1v) is 7.87. The molecule has 0 aliphatic heterocycles. The monoisotopic (exact) mass is 285 g/mol. The first-order chi connectivity index (χ1) is 9.57. The highest BCUT2D eigenvalue weighted by molar-refractivity contribution is 5.69. The number of nitrogens with one attached hydrogen (secondary N) is 1. The lowest BCUT2D eigenvalue weighted by molar-refractivity contribution is -0.136. The van der Waals surface area contributed by atoms with Crippen molar-refractivity contribution in [3.05, 3.63) is 12.2 Å². The average molecular weight is 285 g/mol. The van der Waals surface area contributed by atoms with Crippen LogP contribution in [0.3, 0.4) is 0 Å². The number of aliphatic hydroxyl groups excluding tert-OH is 1. The maximum absolute atomic E-state index is 10.4. The van der Waals surface area contributed by atoms with Crippen LogP contribution in [-0.4, -0.2) is 34.9 Å². The molecule has 0 spiro atoms. The average Bonchev–Trinajstić information content (AvgIpc) is 2.42. The van der Waals surface area contributed by atoms with Crippen molar-refractivity contribution in [2.45, 2.75) is 77.4 Å². The quantitative estimate of drug-likeness (QED) is 0.359. The second-order valence-corrected chi connectivity index (χ2v) is 5.39. The van der Waals surface area contributed by atoms with Crippen LogP contribution in [0, 0.1) is 0 Å². The van der Waals surface area contributed by atoms with Gasteiger partial charge >= 0.3 is 5.97 Å². The summed E-state index contributed by atoms with van der Waals surface area (Å²) in [5.41, 5.74) is 0. The molecule has 0 bridgehead atoms. The number of allylic oxidation sites excluding steroid dienone is 1. The Hall–Kier alpha value is -0.870. The zero-order valence-electron chi connectivity index (χ0n) is 13.0. The van der Waals surface area contributed by atoms with Gasteiger partial charge in [0.2, 0.25) is 0 Å². The van der Waals surface area contributed by atoms with Gasteiger partial charge in [-0.05, 0) is 19.8 Å². The van der Waals surface area contributed by atoms with Gasteiger partial charge in [-0.2, -0.15) is 0 Å². The van der Waals surface area contributed by atoms with Crippen LogP contribution in [0.5, 0.6) is 0 Å². The highest BCUT2D eigenvalue weighted by atomic mass is 16.4. The Labute approximate surface area is 123 Å². The van der Waals surface area contributed by atoms with Crippen LogP contribution in [0.2, 0.25) is 0 Å². The minimum atomic E-state index is -0.906. The van der Waals surface area contributed by atoms with Crippen LogP contribution >= 0.6 is 0 Å². The topological polar surface area (TPSA) is 69.6 Å². The molecule has 0 aromatic rings. The zero-order valence-corrected chi connectivity index (χ0v) is 13.0. The highest BCUT2D eigenvalue weighted by Gasteiger charge is 2.10. The van der Waals surface area contributed by atoms with Gasteiger partial charge in [0, 0.05) is 6.04 Å². The zero-order chi connectivity index (χ0) is 15.2. The molecule has 0 heterocycles. The molecule has 0 radical (unpaired) electrons. The lowest BCUT2D eigenvalue weighted by Crippen LogP contribution is -2.39. The normalized spacial score (nSPS) is 14.6. The summed E-state index contributed by atoms with van der Waals surface area (Å²) in [6.07, 6.45) is 13.1. The molecule has 0 saturated heterocycles. The fraction of sp³-hybridized carbons (Fsp3) is 0.812. The van der Waals surface area contributed by atoms with E-state index in [0.29, 0.717) is 0 Å². The summed E-state index contributed by atoms with van der Waals surface area (Å²) in [6.45, 7) is 3.89. The summed E-state index contributed by atoms with van der Waals surface area (Å²) in [4.78, 5) is 10.4. The maximum atomic E-state index is 10.4. The Balaban J connectivity index is 3.51. The van der Waals surface area contributed by atoms with Crippen LogP contribution in [0.4, 0.5) is 0 Å². The molecule has 0 fully saturated rings. The lowest BCUT2D eigenvalue weighted by Gasteiger charge is -2.15. The van der Waals surface area contributed by atoms with E-state index in [0.717, 1.165) is 12.8 Å². The third kappa shape index (κ3) is 12.2. The Morgan fingerprint density at radius 2 is 1.75 bits per heavy atom. The number of aliphatic hydroxyl groups is 1. The number of hydrogen-bond donors (Lipinski definition) is 3. The van der Waals surface area contributed by atoms with Crippen molar-refractivity contribution in [3.8, 4) is 0 Å². The Morgan fingerprint density at radius 1 is 1.15 bits per heavy atom. The van der Waals surface area contributed by atoms with Crippen LogP contribution in [-0.2, 0) is 4.79 Å². The smallest absolute Gasteiger partial charge is 0.317 e. The van der Waals surface area contributed by atoms with Gasteiger partial charge in [-0.3, -0.25) is 4.79 Å². The minimum absolute atomic E-state index is 0.121. The van der Waals surface area contributed by atoms with Crippen molar-refractivity contribution in [2.24, 2.45) is 0 Å². The molecule has 2 unspecified atom stereocenters. The molecular weight excluding hydrogens is 254 g/mol. The fourth-order valence-corrected chi connectivity index (χ4v) is 1.99. The lowest BCUT2D eigenvalue weighted by atomic mass is 10.1. The maximum Gasteiger partial charge on any atom is 0.317 e. The molecule has 20 heavy (non-hydrogen) atoms. The summed E-state index contributed by atoms with van der Waals surface area (Å²) < 4.78 is 0. The molecule has 0 saturated carbocycles. The number of rotatable bonds is 13. The molecule has 4 nitrogen and oxygen atoms in total. The summed E-state index contributed by atoms with van der Waals surface area (Å²) in [7, 11) is 0. The van der Waals surface area contributed by atoms with E-state index in [-0.39, 0.29) is 12.6 Å². The number of unbranched alkanes of at least 4 members (excludes halogenated alkanes) is 7. The van der Waals surface area contributed by atoms with Gasteiger partial charge in [0.25, 0.3) is 0 Å². The molecule has 2 atom stereocenters. The molecule has 4 heteroatoms. The van der Waals surface area contributed by atoms with Gasteiger partial charge in [0.05, 0.1) is 12.6 Å². The van der Waals surface area contributed by atoms with E-state index in [1.165, 1.54) is 38.5 Å². The first kappa shape index (κ1) is 19.1. The van der Waals surface area contributed by atoms with E-state index in [2.05, 4.69) is 12.2 Å². The van der Waals surface area contributed by atoms with Crippen LogP contribution < -0.4 is 5.32 Å². The Kier molecular flexibility index (Phi) is 12.6. The van der Waals surface area contributed by atoms with Crippen molar-refractivity contribution in [1.29, 1.82) is 0 Å². The number of aliphatic carboxylic acids is 1. The summed E-state index contributed by atoms with van der Waals surface area (Å²) >= 11 is 0.